The number of carbonyl (C=O) groups is 4. The first kappa shape index (κ1) is 50.7. The second kappa shape index (κ2) is 18.3. The Balaban J connectivity index is 0.000000164. The van der Waals surface area contributed by atoms with Crippen LogP contribution in [0.15, 0.2) is 78.9 Å². The number of nitro groups is 10. The third kappa shape index (κ3) is 8.55. The third-order valence-corrected chi connectivity index (χ3v) is 11.1. The van der Waals surface area contributed by atoms with E-state index in [1.54, 1.807) is 0 Å². The Morgan fingerprint density at radius 1 is 0.293 bits per heavy atom. The van der Waals surface area contributed by atoms with Crippen LogP contribution >= 0.6 is 0 Å². The summed E-state index contributed by atoms with van der Waals surface area (Å²) in [6.45, 7) is 0. The highest BCUT2D eigenvalue weighted by Crippen LogP contribution is 2.51. The molecule has 0 unspecified atom stereocenters. The van der Waals surface area contributed by atoms with Gasteiger partial charge in [-0.25, -0.2) is 4.79 Å². The highest BCUT2D eigenvalue weighted by Gasteiger charge is 2.44. The smallest absolute Gasteiger partial charge is 0.335 e. The van der Waals surface area contributed by atoms with Gasteiger partial charge in [0.1, 0.15) is 0 Å². The van der Waals surface area contributed by atoms with Crippen LogP contribution in [0.5, 0.6) is 0 Å². The minimum Gasteiger partial charge on any atom is -0.478 e. The lowest BCUT2D eigenvalue weighted by Crippen LogP contribution is -2.03. The summed E-state index contributed by atoms with van der Waals surface area (Å²) in [4.78, 5) is 150. The van der Waals surface area contributed by atoms with Crippen molar-refractivity contribution in [1.82, 2.24) is 0 Å². The van der Waals surface area contributed by atoms with Gasteiger partial charge in [-0.1, -0.05) is 0 Å². The highest BCUT2D eigenvalue weighted by atomic mass is 16.7. The van der Waals surface area contributed by atoms with Crippen molar-refractivity contribution in [2.45, 2.75) is 0 Å². The molecule has 0 saturated carbocycles. The molecule has 35 heteroatoms. The van der Waals surface area contributed by atoms with Crippen molar-refractivity contribution in [2.24, 2.45) is 0 Å². The van der Waals surface area contributed by atoms with E-state index in [1.807, 2.05) is 0 Å². The molecular weight excluding hydrogens is 1020 g/mol. The summed E-state index contributed by atoms with van der Waals surface area (Å²) in [6, 6.07) is 10.6. The summed E-state index contributed by atoms with van der Waals surface area (Å²) in [5, 5.41) is 120. The zero-order valence-electron chi connectivity index (χ0n) is 35.7. The van der Waals surface area contributed by atoms with Crippen molar-refractivity contribution in [3.63, 3.8) is 0 Å². The Morgan fingerprint density at radius 2 is 0.547 bits per heavy atom. The normalized spacial score (nSPS) is 11.7. The van der Waals surface area contributed by atoms with Gasteiger partial charge in [0.15, 0.2) is 17.3 Å². The van der Waals surface area contributed by atoms with Crippen molar-refractivity contribution in [3.8, 4) is 33.4 Å². The monoisotopic (exact) mass is 1030 g/mol. The zero-order valence-corrected chi connectivity index (χ0v) is 35.7. The quantitative estimate of drug-likeness (QED) is 0.0968. The Hall–Kier alpha value is -12.2. The molecule has 1 N–H and O–H groups in total. The molecule has 9 rings (SSSR count). The maximum Gasteiger partial charge on any atom is 0.335 e. The molecule has 0 spiro atoms. The SMILES string of the molecule is O=C(O)c1cc2c(c([N+](=O)[O-])c1)-c1c(cc([N+](=O)[O-])cc1[N+](=O)[O-])C2=O.O=C1c2cc([N+](=O)[O-])cc([N+](=O)[O-])c2-c2c1cc([N+](=O)[O-])cc2[N+](=O)[O-].O=C1c2cc([N+](=O)[O-])ccc2-c2c1cc([N+](=O)[O-])cc2[N+](=O)[O-]. The number of nitrogens with zero attached hydrogens (tertiary/aromatic N) is 10. The van der Waals surface area contributed by atoms with Gasteiger partial charge >= 0.3 is 5.97 Å². The molecule has 0 saturated heterocycles. The van der Waals surface area contributed by atoms with Crippen molar-refractivity contribution in [2.75, 3.05) is 0 Å². The number of carboxylic acids is 1. The van der Waals surface area contributed by atoms with Gasteiger partial charge in [-0.05, 0) is 12.1 Å². The first-order valence-electron chi connectivity index (χ1n) is 19.4. The summed E-state index contributed by atoms with van der Waals surface area (Å²) < 4.78 is 0. The fourth-order valence-electron chi connectivity index (χ4n) is 8.06. The number of fused-ring (bicyclic) bond motifs is 9. The molecule has 0 heterocycles. The average Bonchev–Trinajstić information content (AvgIpc) is 3.92. The van der Waals surface area contributed by atoms with Crippen LogP contribution < -0.4 is 0 Å². The largest absolute Gasteiger partial charge is 0.478 e. The molecule has 0 bridgehead atoms. The van der Waals surface area contributed by atoms with Gasteiger partial charge in [0, 0.05) is 81.4 Å². The average molecular weight is 1030 g/mol. The van der Waals surface area contributed by atoms with E-state index >= 15 is 0 Å². The van der Waals surface area contributed by atoms with E-state index in [0.717, 1.165) is 48.5 Å². The van der Waals surface area contributed by atoms with Crippen LogP contribution in [0.25, 0.3) is 33.4 Å². The molecule has 0 radical (unpaired) electrons. The van der Waals surface area contributed by atoms with Gasteiger partial charge < -0.3 is 5.11 Å². The number of ketones is 3. The van der Waals surface area contributed by atoms with E-state index in [1.165, 1.54) is 6.07 Å². The van der Waals surface area contributed by atoms with E-state index in [2.05, 4.69) is 0 Å². The number of benzene rings is 6. The van der Waals surface area contributed by atoms with E-state index in [9.17, 15) is 120 Å². The number of carbonyl (C=O) groups excluding carboxylic acids is 3. The maximum absolute atomic E-state index is 12.5. The second-order valence-electron chi connectivity index (χ2n) is 15.1. The van der Waals surface area contributed by atoms with Gasteiger partial charge in [-0.15, -0.1) is 0 Å². The molecule has 0 amide bonds. The predicted molar refractivity (Wildman–Crippen MR) is 239 cm³/mol. The number of rotatable bonds is 11. The van der Waals surface area contributed by atoms with Crippen molar-refractivity contribution in [1.29, 1.82) is 0 Å². The molecule has 3 aliphatic carbocycles. The minimum atomic E-state index is -1.54. The zero-order chi connectivity index (χ0) is 55.6. The molecule has 6 aromatic rings. The molecule has 6 aromatic carbocycles. The van der Waals surface area contributed by atoms with Crippen LogP contribution in [0.3, 0.4) is 0 Å². The standard InChI is InChI=1S/C14H5N3O9.C13H4N4O9.C13H5N3O7/c18-13-7-1-5(14(19)20)2-9(16(23)24)11(7)12-8(13)3-6(15(21)22)4-10(12)17(25)26;18-13-7-1-5(14(19)20)3-9(16(23)24)11(7)12-8(13)2-6(15(21)22)4-10(12)17(25)26;17-13-9-3-6(14(18)19)1-2-8(9)12-10(13)4-7(15(20)21)5-11(12)16(22)23/h1-4H,(H,19,20);1-4H;1-5H. The lowest BCUT2D eigenvalue weighted by molar-refractivity contribution is -0.395. The number of nitro benzene ring substituents is 10. The van der Waals surface area contributed by atoms with Crippen molar-refractivity contribution < 1.29 is 73.5 Å². The van der Waals surface area contributed by atoms with Crippen LogP contribution in [0.2, 0.25) is 0 Å². The summed E-state index contributed by atoms with van der Waals surface area (Å²) in [5.41, 5.74) is -11.7. The molecule has 35 nitrogen and oxygen atoms in total. The molecule has 0 atom stereocenters. The first-order chi connectivity index (χ1) is 35.1. The van der Waals surface area contributed by atoms with Crippen LogP contribution in [0, 0.1) is 101 Å². The topological polar surface area (TPSA) is 520 Å². The fraction of sp³-hybridized carbons (Fsp3) is 0. The number of hydrogen-bond donors (Lipinski definition) is 1. The van der Waals surface area contributed by atoms with Gasteiger partial charge in [-0.3, -0.25) is 116 Å². The first-order valence-corrected chi connectivity index (χ1v) is 19.4. The Labute approximate surface area is 405 Å². The molecular formula is C40H14N10O25. The fourth-order valence-corrected chi connectivity index (χ4v) is 8.06. The van der Waals surface area contributed by atoms with Crippen molar-refractivity contribution >= 4 is 80.2 Å². The second-order valence-corrected chi connectivity index (χ2v) is 15.1. The van der Waals surface area contributed by atoms with Crippen molar-refractivity contribution in [3.05, 3.63) is 219 Å². The number of carboxylic acid groups (broad SMARTS) is 1. The molecule has 75 heavy (non-hydrogen) atoms. The van der Waals surface area contributed by atoms with Gasteiger partial charge in [0.05, 0.1) is 107 Å². The van der Waals surface area contributed by atoms with Crippen LogP contribution in [0.4, 0.5) is 56.9 Å². The summed E-state index contributed by atoms with van der Waals surface area (Å²) in [5.74, 6) is -4.23. The number of non-ortho nitro benzene ring substituents is 5. The lowest BCUT2D eigenvalue weighted by atomic mass is 9.99. The van der Waals surface area contributed by atoms with Crippen LogP contribution in [0.1, 0.15) is 58.1 Å². The summed E-state index contributed by atoms with van der Waals surface area (Å²) >= 11 is 0. The Morgan fingerprint density at radius 3 is 0.840 bits per heavy atom. The van der Waals surface area contributed by atoms with Gasteiger partial charge in [-0.2, -0.15) is 0 Å². The van der Waals surface area contributed by atoms with E-state index in [0.29, 0.717) is 24.3 Å². The predicted octanol–water partition coefficient (Wildman–Crippen LogP) is 7.47. The maximum atomic E-state index is 12.5. The number of hydrogen-bond acceptors (Lipinski definition) is 24. The number of aromatic carboxylic acids is 1. The van der Waals surface area contributed by atoms with E-state index in [-0.39, 0.29) is 27.9 Å². The lowest BCUT2D eigenvalue weighted by Gasteiger charge is -2.04. The molecule has 0 aromatic heterocycles. The minimum absolute atomic E-state index is 0.0597. The van der Waals surface area contributed by atoms with Crippen LogP contribution in [-0.4, -0.2) is 77.7 Å². The van der Waals surface area contributed by atoms with Crippen LogP contribution in [-0.2, 0) is 0 Å². The van der Waals surface area contributed by atoms with E-state index in [4.69, 9.17) is 5.11 Å². The summed E-state index contributed by atoms with van der Waals surface area (Å²) in [7, 11) is 0. The molecule has 374 valence electrons. The summed E-state index contributed by atoms with van der Waals surface area (Å²) in [6.07, 6.45) is 0. The Bertz CT molecular complexity index is 3530. The highest BCUT2D eigenvalue weighted by molar-refractivity contribution is 6.27. The van der Waals surface area contributed by atoms with E-state index < -0.39 is 174 Å². The molecule has 3 aliphatic rings. The molecule has 0 fully saturated rings. The molecule has 0 aliphatic heterocycles. The third-order valence-electron chi connectivity index (χ3n) is 11.1. The van der Waals surface area contributed by atoms with Gasteiger partial charge in [0.2, 0.25) is 0 Å². The Kier molecular flexibility index (Phi) is 12.3. The van der Waals surface area contributed by atoms with Gasteiger partial charge in [0.25, 0.3) is 56.9 Å².